The largest absolute Gasteiger partial charge is 0.480 e. The molecule has 0 aliphatic carbocycles. The first-order valence-corrected chi connectivity index (χ1v) is 6.11. The van der Waals surface area contributed by atoms with Crippen LogP contribution in [-0.2, 0) is 4.79 Å². The number of carboxylic acid groups (broad SMARTS) is 1. The van der Waals surface area contributed by atoms with Gasteiger partial charge in [0.2, 0.25) is 0 Å². The Morgan fingerprint density at radius 2 is 2.28 bits per heavy atom. The predicted octanol–water partition coefficient (Wildman–Crippen LogP) is 1.54. The lowest BCUT2D eigenvalue weighted by molar-refractivity contribution is -0.140. The zero-order valence-electron chi connectivity index (χ0n) is 9.98. The normalized spacial score (nSPS) is 33.4. The summed E-state index contributed by atoms with van der Waals surface area (Å²) in [6, 6.07) is 4.29. The van der Waals surface area contributed by atoms with Crippen LogP contribution in [0.1, 0.15) is 24.8 Å². The number of benzene rings is 1. The third kappa shape index (κ3) is 1.66. The quantitative estimate of drug-likeness (QED) is 0.707. The predicted molar refractivity (Wildman–Crippen MR) is 65.2 cm³/mol. The molecule has 0 saturated carbocycles. The molecule has 2 heterocycles. The minimum absolute atomic E-state index is 0.0420. The summed E-state index contributed by atoms with van der Waals surface area (Å²) in [4.78, 5) is 11.1. The zero-order chi connectivity index (χ0) is 12.9. The van der Waals surface area contributed by atoms with Gasteiger partial charge in [0.15, 0.2) is 0 Å². The number of hydrogen-bond acceptors (Lipinski definition) is 3. The van der Waals surface area contributed by atoms with Gasteiger partial charge in [-0.25, -0.2) is 4.39 Å². The second-order valence-electron chi connectivity index (χ2n) is 5.09. The van der Waals surface area contributed by atoms with Gasteiger partial charge in [0.1, 0.15) is 11.9 Å². The molecule has 0 radical (unpaired) electrons. The van der Waals surface area contributed by atoms with Crippen molar-refractivity contribution in [2.24, 2.45) is 0 Å². The molecule has 0 aromatic heterocycles. The molecule has 1 saturated heterocycles. The lowest BCUT2D eigenvalue weighted by Crippen LogP contribution is -2.55. The minimum Gasteiger partial charge on any atom is -0.480 e. The van der Waals surface area contributed by atoms with Crippen molar-refractivity contribution in [2.75, 3.05) is 5.32 Å². The molecule has 1 fully saturated rings. The summed E-state index contributed by atoms with van der Waals surface area (Å²) in [5.74, 6) is -1.05. The first-order valence-electron chi connectivity index (χ1n) is 6.11. The van der Waals surface area contributed by atoms with Gasteiger partial charge in [-0.2, -0.15) is 0 Å². The van der Waals surface area contributed by atoms with Crippen molar-refractivity contribution in [3.05, 3.63) is 29.6 Å². The Morgan fingerprint density at radius 1 is 1.50 bits per heavy atom. The van der Waals surface area contributed by atoms with Crippen LogP contribution < -0.4 is 10.6 Å². The molecule has 4 nitrogen and oxygen atoms in total. The number of rotatable bonds is 1. The van der Waals surface area contributed by atoms with E-state index in [0.717, 1.165) is 11.3 Å². The monoisotopic (exact) mass is 250 g/mol. The molecule has 3 rings (SSSR count). The van der Waals surface area contributed by atoms with Gasteiger partial charge in [0, 0.05) is 23.7 Å². The van der Waals surface area contributed by atoms with Crippen molar-refractivity contribution >= 4 is 11.7 Å². The van der Waals surface area contributed by atoms with Crippen molar-refractivity contribution in [1.29, 1.82) is 0 Å². The van der Waals surface area contributed by atoms with E-state index in [-0.39, 0.29) is 23.8 Å². The van der Waals surface area contributed by atoms with Gasteiger partial charge < -0.3 is 10.4 Å². The molecule has 1 aromatic carbocycles. The molecular weight excluding hydrogens is 235 g/mol. The average Bonchev–Trinajstić information content (AvgIpc) is 2.68. The number of carbonyl (C=O) groups is 1. The van der Waals surface area contributed by atoms with E-state index in [2.05, 4.69) is 10.6 Å². The third-order valence-electron chi connectivity index (χ3n) is 3.96. The number of hydrogen-bond donors (Lipinski definition) is 3. The molecular formula is C13H15FN2O2. The van der Waals surface area contributed by atoms with E-state index in [1.807, 2.05) is 6.92 Å². The molecule has 1 aromatic rings. The van der Waals surface area contributed by atoms with Gasteiger partial charge in [-0.1, -0.05) is 0 Å². The Hall–Kier alpha value is -1.62. The molecule has 0 spiro atoms. The maximum absolute atomic E-state index is 13.3. The highest BCUT2D eigenvalue weighted by molar-refractivity contribution is 5.74. The van der Waals surface area contributed by atoms with Gasteiger partial charge in [-0.05, 0) is 37.1 Å². The van der Waals surface area contributed by atoms with Gasteiger partial charge in [-0.3, -0.25) is 10.1 Å². The summed E-state index contributed by atoms with van der Waals surface area (Å²) in [7, 11) is 0. The van der Waals surface area contributed by atoms with Crippen LogP contribution in [0.4, 0.5) is 10.1 Å². The van der Waals surface area contributed by atoms with Crippen molar-refractivity contribution in [3.63, 3.8) is 0 Å². The Morgan fingerprint density at radius 3 is 3.00 bits per heavy atom. The van der Waals surface area contributed by atoms with Crippen molar-refractivity contribution in [1.82, 2.24) is 5.32 Å². The fourth-order valence-electron chi connectivity index (χ4n) is 3.11. The highest BCUT2D eigenvalue weighted by Crippen LogP contribution is 2.42. The molecule has 18 heavy (non-hydrogen) atoms. The Kier molecular flexibility index (Phi) is 2.52. The molecule has 3 N–H and O–H groups in total. The van der Waals surface area contributed by atoms with E-state index in [4.69, 9.17) is 5.11 Å². The third-order valence-corrected chi connectivity index (χ3v) is 3.96. The Balaban J connectivity index is 1.96. The summed E-state index contributed by atoms with van der Waals surface area (Å²) < 4.78 is 13.3. The van der Waals surface area contributed by atoms with Crippen LogP contribution in [0, 0.1) is 5.82 Å². The summed E-state index contributed by atoms with van der Waals surface area (Å²) in [5.41, 5.74) is 1.82. The number of fused-ring (bicyclic) bond motifs is 3. The summed E-state index contributed by atoms with van der Waals surface area (Å²) >= 11 is 0. The second kappa shape index (κ2) is 3.95. The highest BCUT2D eigenvalue weighted by atomic mass is 19.1. The Labute approximate surface area is 104 Å². The molecule has 0 amide bonds. The first kappa shape index (κ1) is 11.5. The van der Waals surface area contributed by atoms with E-state index in [9.17, 15) is 9.18 Å². The molecule has 2 aliphatic heterocycles. The van der Waals surface area contributed by atoms with E-state index < -0.39 is 12.0 Å². The molecule has 0 bridgehead atoms. The van der Waals surface area contributed by atoms with Gasteiger partial charge >= 0.3 is 5.97 Å². The molecule has 2 aliphatic rings. The van der Waals surface area contributed by atoms with Crippen LogP contribution in [0.25, 0.3) is 0 Å². The average molecular weight is 250 g/mol. The zero-order valence-corrected chi connectivity index (χ0v) is 9.98. The lowest BCUT2D eigenvalue weighted by Gasteiger charge is -2.36. The summed E-state index contributed by atoms with van der Waals surface area (Å²) in [6.45, 7) is 1.96. The second-order valence-corrected chi connectivity index (χ2v) is 5.09. The maximum atomic E-state index is 13.3. The van der Waals surface area contributed by atoms with Crippen LogP contribution in [0.3, 0.4) is 0 Å². The fraction of sp³-hybridized carbons (Fsp3) is 0.462. The Bertz CT molecular complexity index is 506. The van der Waals surface area contributed by atoms with Crippen LogP contribution in [-0.4, -0.2) is 29.2 Å². The molecule has 5 heteroatoms. The maximum Gasteiger partial charge on any atom is 0.320 e. The molecule has 4 atom stereocenters. The number of piperidine rings is 1. The molecule has 4 unspecified atom stereocenters. The lowest BCUT2D eigenvalue weighted by atomic mass is 9.82. The minimum atomic E-state index is -0.842. The first-order chi connectivity index (χ1) is 8.56. The van der Waals surface area contributed by atoms with Gasteiger partial charge in [0.05, 0.1) is 0 Å². The number of nitrogens with one attached hydrogen (secondary N) is 2. The van der Waals surface area contributed by atoms with Gasteiger partial charge in [-0.15, -0.1) is 0 Å². The van der Waals surface area contributed by atoms with E-state index in [0.29, 0.717) is 6.42 Å². The summed E-state index contributed by atoms with van der Waals surface area (Å²) in [5, 5.41) is 15.6. The smallest absolute Gasteiger partial charge is 0.320 e. The summed E-state index contributed by atoms with van der Waals surface area (Å²) in [6.07, 6.45) is 0.494. The van der Waals surface area contributed by atoms with Gasteiger partial charge in [0.25, 0.3) is 0 Å². The van der Waals surface area contributed by atoms with E-state index in [1.54, 1.807) is 6.07 Å². The standard InChI is InChI=1S/C13H15FN2O2/c1-6-12-9(5-11(15-6)13(17)18)8-4-7(14)2-3-10(8)16-12/h2-4,6,9,11-12,15-16H,5H2,1H3,(H,17,18). The van der Waals surface area contributed by atoms with Crippen LogP contribution >= 0.6 is 0 Å². The van der Waals surface area contributed by atoms with E-state index >= 15 is 0 Å². The number of carboxylic acids is 1. The van der Waals surface area contributed by atoms with Crippen molar-refractivity contribution in [2.45, 2.75) is 37.4 Å². The van der Waals surface area contributed by atoms with Crippen molar-refractivity contribution in [3.8, 4) is 0 Å². The topological polar surface area (TPSA) is 61.4 Å². The number of halogens is 1. The van der Waals surface area contributed by atoms with Crippen LogP contribution in [0.5, 0.6) is 0 Å². The molecule has 96 valence electrons. The fourth-order valence-corrected chi connectivity index (χ4v) is 3.11. The van der Waals surface area contributed by atoms with Crippen LogP contribution in [0.15, 0.2) is 18.2 Å². The van der Waals surface area contributed by atoms with E-state index in [1.165, 1.54) is 12.1 Å². The SMILES string of the molecule is CC1NC(C(=O)O)CC2c3cc(F)ccc3NC12. The number of anilines is 1. The highest BCUT2D eigenvalue weighted by Gasteiger charge is 2.43. The van der Waals surface area contributed by atoms with Crippen molar-refractivity contribution < 1.29 is 14.3 Å². The van der Waals surface area contributed by atoms with Crippen LogP contribution in [0.2, 0.25) is 0 Å². The number of aliphatic carboxylic acids is 1.